The molecule has 12 heteroatoms. The van der Waals surface area contributed by atoms with E-state index in [0.717, 1.165) is 51.6 Å². The minimum Gasteiger partial charge on any atom is -0.465 e. The van der Waals surface area contributed by atoms with Gasteiger partial charge in [-0.05, 0) is 126 Å². The Hall–Kier alpha value is -2.60. The number of amides is 2. The number of nitrogens with one attached hydrogen (secondary N) is 2. The fourth-order valence-electron chi connectivity index (χ4n) is 13.7. The van der Waals surface area contributed by atoms with E-state index in [1.54, 1.807) is 0 Å². The van der Waals surface area contributed by atoms with E-state index in [-0.39, 0.29) is 45.1 Å². The third-order valence-corrected chi connectivity index (χ3v) is 18.1. The van der Waals surface area contributed by atoms with Crippen molar-refractivity contribution in [3.8, 4) is 0 Å². The summed E-state index contributed by atoms with van der Waals surface area (Å²) < 4.78 is 25.2. The van der Waals surface area contributed by atoms with Gasteiger partial charge in [-0.1, -0.05) is 52.8 Å². The first-order valence-corrected chi connectivity index (χ1v) is 21.9. The fraction of sp³-hybridized carbons (Fsp3) is 0.756. The Morgan fingerprint density at radius 2 is 1.68 bits per heavy atom. The predicted octanol–water partition coefficient (Wildman–Crippen LogP) is 8.73. The maximum absolute atomic E-state index is 12.8. The Bertz CT molecular complexity index is 1670. The number of urea groups is 1. The van der Waals surface area contributed by atoms with Crippen LogP contribution in [0.3, 0.4) is 0 Å². The van der Waals surface area contributed by atoms with Crippen molar-refractivity contribution in [2.75, 3.05) is 44.8 Å². The molecule has 2 amide bonds. The Morgan fingerprint density at radius 1 is 0.962 bits per heavy atom. The molecule has 7 rings (SSSR count). The topological polar surface area (TPSA) is 160 Å². The van der Waals surface area contributed by atoms with Gasteiger partial charge in [-0.15, -0.1) is 0 Å². The Kier molecular flexibility index (Phi) is 10.1. The molecule has 0 unspecified atom stereocenters. The number of carbonyl (C=O) groups excluding carboxylic acids is 2. The molecule has 1 saturated heterocycles. The van der Waals surface area contributed by atoms with Crippen molar-refractivity contribution in [2.45, 2.75) is 104 Å². The number of allylic oxidation sites excluding steroid dienone is 2. The molecule has 6 aliphatic rings. The van der Waals surface area contributed by atoms with Crippen molar-refractivity contribution >= 4 is 28.2 Å². The van der Waals surface area contributed by atoms with Crippen molar-refractivity contribution in [1.29, 1.82) is 0 Å². The number of fused-ring (bicyclic) bond motifs is 7. The van der Waals surface area contributed by atoms with Crippen molar-refractivity contribution in [3.05, 3.63) is 51.9 Å². The second-order valence-corrected chi connectivity index (χ2v) is 21.1. The van der Waals surface area contributed by atoms with Crippen molar-refractivity contribution in [3.63, 3.8) is 0 Å². The molecule has 4 N–H and O–H groups in total. The highest BCUT2D eigenvalue weighted by Gasteiger charge is 2.70. The number of nitrogens with zero attached hydrogens (tertiary/aromatic N) is 4. The number of rotatable bonds is 7. The average Bonchev–Trinajstić information content (AvgIpc) is 3.46. The third kappa shape index (κ3) is 6.33. The van der Waals surface area contributed by atoms with Crippen LogP contribution in [0, 0.1) is 45.3 Å². The summed E-state index contributed by atoms with van der Waals surface area (Å²) in [7, 11) is -1.01. The second-order valence-electron chi connectivity index (χ2n) is 18.7. The Labute approximate surface area is 317 Å². The molecule has 4 saturated carbocycles. The maximum atomic E-state index is 12.8. The van der Waals surface area contributed by atoms with Crippen LogP contribution in [0.15, 0.2) is 35.5 Å². The number of azide groups is 1. The summed E-state index contributed by atoms with van der Waals surface area (Å²) in [5.74, 6) is 2.34. The van der Waals surface area contributed by atoms with Gasteiger partial charge in [0.25, 0.3) is 0 Å². The maximum Gasteiger partial charge on any atom is 0.337 e. The minimum atomic E-state index is -2.43. The highest BCUT2D eigenvalue weighted by atomic mass is 32.3. The van der Waals surface area contributed by atoms with Crippen LogP contribution in [-0.2, 0) is 4.74 Å². The first-order chi connectivity index (χ1) is 25.0. The van der Waals surface area contributed by atoms with E-state index in [1.807, 2.05) is 12.1 Å². The summed E-state index contributed by atoms with van der Waals surface area (Å²) in [6.07, 6.45) is 12.2. The van der Waals surface area contributed by atoms with Gasteiger partial charge in [0.1, 0.15) is 0 Å². The molecule has 1 heterocycles. The van der Waals surface area contributed by atoms with Gasteiger partial charge in [-0.2, -0.15) is 10.6 Å². The quantitative estimate of drug-likeness (QED) is 0.0939. The number of esters is 1. The van der Waals surface area contributed by atoms with E-state index in [0.29, 0.717) is 47.9 Å². The van der Waals surface area contributed by atoms with E-state index >= 15 is 0 Å². The van der Waals surface area contributed by atoms with Crippen LogP contribution in [-0.4, -0.2) is 82.4 Å². The average molecular weight is 751 g/mol. The molecule has 0 bridgehead atoms. The molecular weight excluding hydrogens is 689 g/mol. The van der Waals surface area contributed by atoms with Gasteiger partial charge >= 0.3 is 12.0 Å². The van der Waals surface area contributed by atoms with Crippen LogP contribution in [0.25, 0.3) is 16.0 Å². The van der Waals surface area contributed by atoms with Gasteiger partial charge in [0.05, 0.1) is 24.2 Å². The monoisotopic (exact) mass is 750 g/mol. The van der Waals surface area contributed by atoms with Crippen LogP contribution < -0.4 is 10.6 Å². The molecule has 1 aromatic carbocycles. The molecule has 0 radical (unpaired) electrons. The minimum absolute atomic E-state index is 0.0297. The van der Waals surface area contributed by atoms with Crippen LogP contribution in [0.2, 0.25) is 0 Å². The first kappa shape index (κ1) is 38.7. The van der Waals surface area contributed by atoms with Gasteiger partial charge in [0.2, 0.25) is 0 Å². The van der Waals surface area contributed by atoms with Gasteiger partial charge in [-0.25, -0.2) is 4.79 Å². The first-order valence-electron chi connectivity index (χ1n) is 20.0. The number of hydrogen-bond acceptors (Lipinski definition) is 7. The zero-order valence-electron chi connectivity index (χ0n) is 32.7. The van der Waals surface area contributed by atoms with Crippen LogP contribution >= 0.6 is 10.6 Å². The normalized spacial score (nSPS) is 40.5. The van der Waals surface area contributed by atoms with E-state index in [4.69, 9.17) is 10.3 Å². The van der Waals surface area contributed by atoms with E-state index in [9.17, 15) is 18.7 Å². The van der Waals surface area contributed by atoms with Gasteiger partial charge in [-0.3, -0.25) is 18.8 Å². The molecular formula is C41H62N6O5S. The number of methoxy groups -OCH3 is 1. The second kappa shape index (κ2) is 13.9. The number of benzene rings is 1. The molecule has 5 fully saturated rings. The number of hydrogen-bond donors (Lipinski definition) is 4. The summed E-state index contributed by atoms with van der Waals surface area (Å²) in [6, 6.07) is 7.33. The molecule has 9 atom stereocenters. The highest BCUT2D eigenvalue weighted by molar-refractivity contribution is 8.24. The lowest BCUT2D eigenvalue weighted by Gasteiger charge is -2.72. The van der Waals surface area contributed by atoms with Crippen molar-refractivity contribution in [2.24, 2.45) is 50.4 Å². The molecule has 292 valence electrons. The standard InChI is InChI=1S/C41H62N6O5S/c1-37(2)29(27-7-9-28(10-8-27)35(48)52-6)13-16-38(3)32(37)15-17-40(5)33(38)12-11-30-34-31(44-36(49)45-46-42)14-18-41(34,20-19-39(30,40)4)43-21-22-47-23-25-53(50,51)26-24-47/h7-10,13,30-34,43,50-51H,11-12,14-26H2,1-6H3,(H,44,49)/t30-,31-,32+,33-,34+,38+,39-,40-,41+/m1/s1. The summed E-state index contributed by atoms with van der Waals surface area (Å²) in [6.45, 7) is 15.8. The molecule has 0 spiro atoms. The van der Waals surface area contributed by atoms with Gasteiger partial charge in [0.15, 0.2) is 0 Å². The summed E-state index contributed by atoms with van der Waals surface area (Å²) >= 11 is 0. The lowest BCUT2D eigenvalue weighted by atomic mass is 9.33. The smallest absolute Gasteiger partial charge is 0.337 e. The van der Waals surface area contributed by atoms with Crippen molar-refractivity contribution in [1.82, 2.24) is 15.5 Å². The SMILES string of the molecule is COC(=O)c1ccc(C2=CC[C@]3(C)[C@H]4CC[C@@H]5[C@H]6[C@H](NC(=O)N=[N+]=[N-])CC[C@]6(NCCN6CCS(O)(O)CC6)CC[C@@]5(C)[C@]4(C)CC[C@H]3C2(C)C)cc1. The number of carbonyl (C=O) groups is 2. The lowest BCUT2D eigenvalue weighted by Crippen LogP contribution is -2.69. The van der Waals surface area contributed by atoms with Gasteiger partial charge in [0, 0.05) is 53.7 Å². The highest BCUT2D eigenvalue weighted by Crippen LogP contribution is 2.76. The zero-order chi connectivity index (χ0) is 38.0. The molecule has 53 heavy (non-hydrogen) atoms. The predicted molar refractivity (Wildman–Crippen MR) is 211 cm³/mol. The Morgan fingerprint density at radius 3 is 2.36 bits per heavy atom. The van der Waals surface area contributed by atoms with E-state index < -0.39 is 16.6 Å². The lowest BCUT2D eigenvalue weighted by molar-refractivity contribution is -0.218. The zero-order valence-corrected chi connectivity index (χ0v) is 33.5. The summed E-state index contributed by atoms with van der Waals surface area (Å²) in [5.41, 5.74) is 12.5. The largest absolute Gasteiger partial charge is 0.465 e. The third-order valence-electron chi connectivity index (χ3n) is 16.4. The van der Waals surface area contributed by atoms with Crippen LogP contribution in [0.5, 0.6) is 0 Å². The molecule has 5 aliphatic carbocycles. The molecule has 11 nitrogen and oxygen atoms in total. The molecule has 0 aromatic heterocycles. The fourth-order valence-corrected chi connectivity index (χ4v) is 15.0. The molecule has 1 aromatic rings. The van der Waals surface area contributed by atoms with Crippen molar-refractivity contribution < 1.29 is 23.4 Å². The van der Waals surface area contributed by atoms with Crippen LogP contribution in [0.4, 0.5) is 4.79 Å². The number of ether oxygens (including phenoxy) is 1. The van der Waals surface area contributed by atoms with Crippen LogP contribution in [0.1, 0.15) is 108 Å². The summed E-state index contributed by atoms with van der Waals surface area (Å²) in [4.78, 5) is 30.1. The summed E-state index contributed by atoms with van der Waals surface area (Å²) in [5, 5.41) is 10.7. The van der Waals surface area contributed by atoms with E-state index in [1.165, 1.54) is 37.5 Å². The molecule has 1 aliphatic heterocycles. The Balaban J connectivity index is 1.15. The van der Waals surface area contributed by atoms with Gasteiger partial charge < -0.3 is 15.4 Å². The van der Waals surface area contributed by atoms with E-state index in [2.05, 4.69) is 78.4 Å².